The van der Waals surface area contributed by atoms with Crippen molar-refractivity contribution >= 4 is 23.4 Å². The van der Waals surface area contributed by atoms with Gasteiger partial charge >= 0.3 is 11.7 Å². The summed E-state index contributed by atoms with van der Waals surface area (Å²) in [6.45, 7) is 1.20. The van der Waals surface area contributed by atoms with Crippen LogP contribution in [0.1, 0.15) is 19.6 Å². The van der Waals surface area contributed by atoms with E-state index in [1.807, 2.05) is 0 Å². The van der Waals surface area contributed by atoms with Crippen molar-refractivity contribution in [3.63, 3.8) is 0 Å². The Hall–Kier alpha value is -1.68. The molecule has 0 aromatic carbocycles. The lowest BCUT2D eigenvalue weighted by molar-refractivity contribution is -0.163. The predicted octanol–water partition coefficient (Wildman–Crippen LogP) is -1.03. The van der Waals surface area contributed by atoms with Gasteiger partial charge in [-0.1, -0.05) is 0 Å². The molecular formula is C13H19ClN4O5. The minimum atomic E-state index is -1.32. The molecule has 0 bridgehead atoms. The number of esters is 1. The Kier molecular flexibility index (Phi) is 5.25. The fourth-order valence-electron chi connectivity index (χ4n) is 2.23. The first kappa shape index (κ1) is 17.7. The zero-order valence-corrected chi connectivity index (χ0v) is 13.3. The Morgan fingerprint density at radius 1 is 1.74 bits per heavy atom. The average molecular weight is 347 g/mol. The molecule has 0 radical (unpaired) electrons. The van der Waals surface area contributed by atoms with Crippen LogP contribution in [-0.4, -0.2) is 50.9 Å². The second-order valence-corrected chi connectivity index (χ2v) is 5.73. The van der Waals surface area contributed by atoms with Crippen molar-refractivity contribution in [2.75, 3.05) is 18.2 Å². The van der Waals surface area contributed by atoms with Crippen LogP contribution in [0, 0.1) is 0 Å². The molecule has 0 spiro atoms. The first-order chi connectivity index (χ1) is 10.8. The van der Waals surface area contributed by atoms with E-state index >= 15 is 0 Å². The topological polar surface area (TPSA) is 143 Å². The minimum Gasteiger partial charge on any atom is -0.461 e. The SMILES string of the molecule is C[C@H](N)C(=O)OC[C@@]1(CCl)O[C@@H](n2ccc(N)nc2=O)C[C@@H]1O. The highest BCUT2D eigenvalue weighted by atomic mass is 35.5. The molecule has 4 atom stereocenters. The van der Waals surface area contributed by atoms with Gasteiger partial charge in [0.1, 0.15) is 30.3 Å². The molecule has 0 saturated carbocycles. The first-order valence-corrected chi connectivity index (χ1v) is 7.51. The number of carbonyl (C=O) groups excluding carboxylic acids is 1. The summed E-state index contributed by atoms with van der Waals surface area (Å²) >= 11 is 5.91. The molecule has 1 aromatic rings. The number of nitrogens with zero attached hydrogens (tertiary/aromatic N) is 2. The van der Waals surface area contributed by atoms with Gasteiger partial charge in [-0.25, -0.2) is 4.79 Å². The van der Waals surface area contributed by atoms with Crippen LogP contribution in [0.3, 0.4) is 0 Å². The number of hydrogen-bond donors (Lipinski definition) is 3. The van der Waals surface area contributed by atoms with Gasteiger partial charge in [0, 0.05) is 12.6 Å². The number of hydrogen-bond acceptors (Lipinski definition) is 8. The number of aromatic nitrogens is 2. The predicted molar refractivity (Wildman–Crippen MR) is 81.7 cm³/mol. The van der Waals surface area contributed by atoms with Gasteiger partial charge in [-0.3, -0.25) is 9.36 Å². The fraction of sp³-hybridized carbons (Fsp3) is 0.615. The van der Waals surface area contributed by atoms with E-state index in [-0.39, 0.29) is 24.7 Å². The number of nitrogens with two attached hydrogens (primary N) is 2. The zero-order valence-electron chi connectivity index (χ0n) is 12.5. The van der Waals surface area contributed by atoms with Crippen LogP contribution in [0.2, 0.25) is 0 Å². The molecule has 2 heterocycles. The second-order valence-electron chi connectivity index (χ2n) is 5.46. The summed E-state index contributed by atoms with van der Waals surface area (Å²) in [4.78, 5) is 27.0. The summed E-state index contributed by atoms with van der Waals surface area (Å²) in [7, 11) is 0. The molecule has 128 valence electrons. The molecule has 9 nitrogen and oxygen atoms in total. The molecule has 1 aliphatic heterocycles. The van der Waals surface area contributed by atoms with Gasteiger partial charge in [0.2, 0.25) is 0 Å². The van der Waals surface area contributed by atoms with Crippen LogP contribution in [-0.2, 0) is 14.3 Å². The van der Waals surface area contributed by atoms with E-state index in [2.05, 4.69) is 4.98 Å². The number of rotatable bonds is 5. The molecule has 0 aliphatic carbocycles. The maximum Gasteiger partial charge on any atom is 0.351 e. The molecule has 0 unspecified atom stereocenters. The standard InChI is InChI=1S/C13H19ClN4O5/c1-7(15)11(20)22-6-13(5-14)8(19)4-10(23-13)18-3-2-9(16)17-12(18)21/h2-3,7-8,10,19H,4-6,15H2,1H3,(H2,16,17,21)/t7-,8-,10+,13+/m0/s1. The van der Waals surface area contributed by atoms with Crippen molar-refractivity contribution in [1.29, 1.82) is 0 Å². The third-order valence-electron chi connectivity index (χ3n) is 3.62. The highest BCUT2D eigenvalue weighted by Crippen LogP contribution is 2.37. The number of aliphatic hydroxyl groups excluding tert-OH is 1. The van der Waals surface area contributed by atoms with Crippen molar-refractivity contribution < 1.29 is 19.4 Å². The van der Waals surface area contributed by atoms with Gasteiger partial charge in [-0.05, 0) is 13.0 Å². The number of carbonyl (C=O) groups is 1. The van der Waals surface area contributed by atoms with Crippen LogP contribution < -0.4 is 17.2 Å². The molecule has 1 aliphatic rings. The van der Waals surface area contributed by atoms with Crippen molar-refractivity contribution in [2.24, 2.45) is 5.73 Å². The largest absolute Gasteiger partial charge is 0.461 e. The van der Waals surface area contributed by atoms with E-state index in [0.29, 0.717) is 0 Å². The smallest absolute Gasteiger partial charge is 0.351 e. The first-order valence-electron chi connectivity index (χ1n) is 6.98. The number of halogens is 1. The van der Waals surface area contributed by atoms with Gasteiger partial charge in [0.15, 0.2) is 0 Å². The Labute approximate surface area is 137 Å². The quantitative estimate of drug-likeness (QED) is 0.454. The van der Waals surface area contributed by atoms with Crippen LogP contribution in [0.25, 0.3) is 0 Å². The lowest BCUT2D eigenvalue weighted by Crippen LogP contribution is -2.47. The van der Waals surface area contributed by atoms with Crippen LogP contribution in [0.4, 0.5) is 5.82 Å². The maximum absolute atomic E-state index is 11.9. The summed E-state index contributed by atoms with van der Waals surface area (Å²) in [6, 6.07) is 0.633. The van der Waals surface area contributed by atoms with E-state index in [9.17, 15) is 14.7 Å². The maximum atomic E-state index is 11.9. The Morgan fingerprint density at radius 3 is 3.00 bits per heavy atom. The van der Waals surface area contributed by atoms with Gasteiger partial charge in [0.25, 0.3) is 0 Å². The summed E-state index contributed by atoms with van der Waals surface area (Å²) in [5.41, 5.74) is 8.92. The molecule has 1 fully saturated rings. The zero-order chi connectivity index (χ0) is 17.2. The van der Waals surface area contributed by atoms with Crippen LogP contribution >= 0.6 is 11.6 Å². The summed E-state index contributed by atoms with van der Waals surface area (Å²) in [5, 5.41) is 10.3. The lowest BCUT2D eigenvalue weighted by atomic mass is 10.00. The molecule has 1 saturated heterocycles. The monoisotopic (exact) mass is 346 g/mol. The van der Waals surface area contributed by atoms with Gasteiger partial charge in [0.05, 0.1) is 12.0 Å². The number of alkyl halides is 1. The Morgan fingerprint density at radius 2 is 2.43 bits per heavy atom. The molecule has 0 amide bonds. The summed E-state index contributed by atoms with van der Waals surface area (Å²) in [5.74, 6) is -0.687. The molecule has 2 rings (SSSR count). The van der Waals surface area contributed by atoms with Crippen LogP contribution in [0.5, 0.6) is 0 Å². The summed E-state index contributed by atoms with van der Waals surface area (Å²) in [6.07, 6.45) is -0.317. The summed E-state index contributed by atoms with van der Waals surface area (Å²) < 4.78 is 12.0. The average Bonchev–Trinajstić information content (AvgIpc) is 2.81. The number of ether oxygens (including phenoxy) is 2. The Bertz CT molecular complexity index is 637. The molecule has 23 heavy (non-hydrogen) atoms. The van der Waals surface area contributed by atoms with E-state index in [4.69, 9.17) is 32.5 Å². The van der Waals surface area contributed by atoms with Crippen molar-refractivity contribution in [3.05, 3.63) is 22.7 Å². The lowest BCUT2D eigenvalue weighted by Gasteiger charge is -2.29. The molecule has 10 heteroatoms. The highest BCUT2D eigenvalue weighted by Gasteiger charge is 2.49. The minimum absolute atomic E-state index is 0.0827. The van der Waals surface area contributed by atoms with Crippen molar-refractivity contribution in [3.8, 4) is 0 Å². The third kappa shape index (κ3) is 3.63. The van der Waals surface area contributed by atoms with Crippen molar-refractivity contribution in [1.82, 2.24) is 9.55 Å². The van der Waals surface area contributed by atoms with Gasteiger partial charge in [-0.15, -0.1) is 11.6 Å². The van der Waals surface area contributed by atoms with Gasteiger partial charge in [-0.2, -0.15) is 4.98 Å². The van der Waals surface area contributed by atoms with Crippen molar-refractivity contribution in [2.45, 2.75) is 37.3 Å². The highest BCUT2D eigenvalue weighted by molar-refractivity contribution is 6.18. The molecular weight excluding hydrogens is 328 g/mol. The number of nitrogen functional groups attached to an aromatic ring is 1. The number of anilines is 1. The van der Waals surface area contributed by atoms with E-state index in [0.717, 1.165) is 0 Å². The second kappa shape index (κ2) is 6.83. The van der Waals surface area contributed by atoms with Gasteiger partial charge < -0.3 is 26.0 Å². The normalized spacial score (nSPS) is 28.5. The van der Waals surface area contributed by atoms with Crippen LogP contribution in [0.15, 0.2) is 17.1 Å². The third-order valence-corrected chi connectivity index (χ3v) is 4.07. The fourth-order valence-corrected chi connectivity index (χ4v) is 2.55. The van der Waals surface area contributed by atoms with E-state index in [1.54, 1.807) is 0 Å². The van der Waals surface area contributed by atoms with E-state index in [1.165, 1.54) is 23.8 Å². The molecule has 1 aromatic heterocycles. The molecule has 5 N–H and O–H groups in total. The van der Waals surface area contributed by atoms with E-state index < -0.39 is 35.6 Å². The Balaban J connectivity index is 2.17. The number of aliphatic hydroxyl groups is 1.